The maximum Gasteiger partial charge on any atom is 0.414 e. The third-order valence-electron chi connectivity index (χ3n) is 6.57. The molecule has 3 aromatic carbocycles. The van der Waals surface area contributed by atoms with Crippen LogP contribution in [0.3, 0.4) is 0 Å². The van der Waals surface area contributed by atoms with Crippen molar-refractivity contribution in [3.63, 3.8) is 0 Å². The Kier molecular flexibility index (Phi) is 14.6. The van der Waals surface area contributed by atoms with Crippen molar-refractivity contribution in [2.75, 3.05) is 0 Å². The van der Waals surface area contributed by atoms with Crippen LogP contribution in [0.4, 0.5) is 15.3 Å². The molecule has 0 aliphatic carbocycles. The van der Waals surface area contributed by atoms with Crippen molar-refractivity contribution >= 4 is 64.9 Å². The minimum Gasteiger partial charge on any atom is -0.458 e. The number of carbonyl (C=O) groups excluding carboxylic acids is 5. The van der Waals surface area contributed by atoms with Crippen molar-refractivity contribution in [3.8, 4) is 5.75 Å². The average Bonchev–Trinajstić information content (AvgIpc) is 3.02. The van der Waals surface area contributed by atoms with E-state index in [1.165, 1.54) is 36.4 Å². The molecule has 0 bridgehead atoms. The summed E-state index contributed by atoms with van der Waals surface area (Å²) >= 11 is 13.0. The molecule has 0 radical (unpaired) electrons. The number of alkyl carbamates (subject to hydrolysis) is 2. The lowest BCUT2D eigenvalue weighted by molar-refractivity contribution is -0.158. The summed E-state index contributed by atoms with van der Waals surface area (Å²) in [6.45, 7) is 15.3. The van der Waals surface area contributed by atoms with Gasteiger partial charge in [-0.25, -0.2) is 24.2 Å². The van der Waals surface area contributed by atoms with Gasteiger partial charge in [-0.05, 0) is 104 Å². The molecule has 3 aromatic rings. The molecule has 54 heavy (non-hydrogen) atoms. The SMILES string of the molecule is CC(C)(C)OC(=O)NC(=Nc1ccc(C(=O)Oc2ccc(CC(=O)N[C@@H](Cc3ccccc3)C(=O)OC(C)(C)C)c(Cl)c2Cl)cc1)NC(=O)OC(C)(C)C. The fraction of sp³-hybridized carbons (Fsp3) is 0.385. The van der Waals surface area contributed by atoms with E-state index in [2.05, 4.69) is 20.9 Å². The number of benzene rings is 3. The molecule has 290 valence electrons. The van der Waals surface area contributed by atoms with Gasteiger partial charge in [0, 0.05) is 6.42 Å². The van der Waals surface area contributed by atoms with E-state index in [0.29, 0.717) is 5.56 Å². The molecule has 0 aromatic heterocycles. The number of nitrogens with zero attached hydrogens (tertiary/aromatic N) is 1. The first-order chi connectivity index (χ1) is 25.0. The van der Waals surface area contributed by atoms with E-state index in [1.807, 2.05) is 30.3 Å². The summed E-state index contributed by atoms with van der Waals surface area (Å²) in [5.74, 6) is -2.20. The number of rotatable bonds is 9. The first kappa shape index (κ1) is 43.3. The molecule has 0 spiro atoms. The summed E-state index contributed by atoms with van der Waals surface area (Å²) in [5, 5.41) is 7.39. The zero-order valence-corrected chi connectivity index (χ0v) is 33.2. The second-order valence-corrected chi connectivity index (χ2v) is 15.8. The largest absolute Gasteiger partial charge is 0.458 e. The predicted octanol–water partition coefficient (Wildman–Crippen LogP) is 7.86. The average molecular weight is 786 g/mol. The molecule has 0 heterocycles. The lowest BCUT2D eigenvalue weighted by atomic mass is 10.0. The summed E-state index contributed by atoms with van der Waals surface area (Å²) in [6.07, 6.45) is -1.75. The molecule has 0 aliphatic rings. The molecule has 15 heteroatoms. The monoisotopic (exact) mass is 784 g/mol. The number of esters is 2. The molecule has 3 rings (SSSR count). The number of guanidine groups is 1. The van der Waals surface area contributed by atoms with Crippen molar-refractivity contribution in [1.29, 1.82) is 0 Å². The van der Waals surface area contributed by atoms with Crippen LogP contribution in [0.2, 0.25) is 10.0 Å². The van der Waals surface area contributed by atoms with Crippen molar-refractivity contribution in [2.24, 2.45) is 4.99 Å². The Morgan fingerprint density at radius 2 is 1.22 bits per heavy atom. The van der Waals surface area contributed by atoms with E-state index in [4.69, 9.17) is 42.1 Å². The first-order valence-corrected chi connectivity index (χ1v) is 17.7. The maximum absolute atomic E-state index is 13.1. The van der Waals surface area contributed by atoms with Gasteiger partial charge in [-0.15, -0.1) is 0 Å². The number of hydrogen-bond acceptors (Lipinski definition) is 10. The summed E-state index contributed by atoms with van der Waals surface area (Å²) in [4.78, 5) is 68.2. The second kappa shape index (κ2) is 18.3. The summed E-state index contributed by atoms with van der Waals surface area (Å²) in [5.41, 5.74) is -0.880. The van der Waals surface area contributed by atoms with E-state index in [0.717, 1.165) is 5.56 Å². The molecule has 0 aliphatic heterocycles. The number of aliphatic imine (C=N–C) groups is 1. The van der Waals surface area contributed by atoms with Gasteiger partial charge in [0.25, 0.3) is 0 Å². The predicted molar refractivity (Wildman–Crippen MR) is 205 cm³/mol. The number of halogens is 2. The zero-order chi connectivity index (χ0) is 40.4. The van der Waals surface area contributed by atoms with Crippen molar-refractivity contribution in [1.82, 2.24) is 16.0 Å². The smallest absolute Gasteiger partial charge is 0.414 e. The van der Waals surface area contributed by atoms with Crippen LogP contribution in [-0.4, -0.2) is 58.8 Å². The maximum atomic E-state index is 13.1. The first-order valence-electron chi connectivity index (χ1n) is 16.9. The van der Waals surface area contributed by atoms with E-state index in [9.17, 15) is 24.0 Å². The van der Waals surface area contributed by atoms with Gasteiger partial charge in [0.2, 0.25) is 11.9 Å². The standard InChI is InChI=1S/C39H46Cl2N4O9/c1-37(2,3)52-33(48)27(21-23-13-11-10-12-14-23)43-29(46)22-25-17-20-28(31(41)30(25)40)51-32(47)24-15-18-26(19-16-24)42-34(44-35(49)53-38(4,5)6)45-36(50)54-39(7,8)9/h10-20,27H,21-22H2,1-9H3,(H,43,46)(H2,42,44,45,49,50)/t27-/m0/s1. The topological polar surface area (TPSA) is 171 Å². The van der Waals surface area contributed by atoms with Crippen LogP contribution < -0.4 is 20.7 Å². The molecule has 0 fully saturated rings. The van der Waals surface area contributed by atoms with Crippen LogP contribution in [0.1, 0.15) is 83.8 Å². The lowest BCUT2D eigenvalue weighted by Gasteiger charge is -2.25. The Bertz CT molecular complexity index is 1830. The van der Waals surface area contributed by atoms with Crippen LogP contribution in [0.5, 0.6) is 5.75 Å². The number of amides is 3. The summed E-state index contributed by atoms with van der Waals surface area (Å²) < 4.78 is 21.6. The van der Waals surface area contributed by atoms with Crippen molar-refractivity contribution < 1.29 is 42.9 Å². The summed E-state index contributed by atoms with van der Waals surface area (Å²) in [6, 6.07) is 16.9. The van der Waals surface area contributed by atoms with Gasteiger partial charge in [0.1, 0.15) is 27.9 Å². The third-order valence-corrected chi connectivity index (χ3v) is 7.48. The molecular formula is C39H46Cl2N4O9. The number of carbonyl (C=O) groups is 5. The molecule has 3 N–H and O–H groups in total. The molecular weight excluding hydrogens is 739 g/mol. The normalized spacial score (nSPS) is 12.1. The number of ether oxygens (including phenoxy) is 4. The fourth-order valence-corrected chi connectivity index (χ4v) is 4.91. The Morgan fingerprint density at radius 1 is 0.685 bits per heavy atom. The van der Waals surface area contributed by atoms with Crippen LogP contribution in [-0.2, 0) is 36.6 Å². The summed E-state index contributed by atoms with van der Waals surface area (Å²) in [7, 11) is 0. The van der Waals surface area contributed by atoms with E-state index < -0.39 is 52.9 Å². The van der Waals surface area contributed by atoms with E-state index in [1.54, 1.807) is 62.3 Å². The van der Waals surface area contributed by atoms with Crippen molar-refractivity contribution in [3.05, 3.63) is 93.5 Å². The molecule has 0 saturated carbocycles. The van der Waals surface area contributed by atoms with Gasteiger partial charge < -0.3 is 24.3 Å². The Hall–Kier alpha value is -5.14. The molecule has 1 atom stereocenters. The highest BCUT2D eigenvalue weighted by Crippen LogP contribution is 2.35. The molecule has 0 unspecified atom stereocenters. The Labute approximate surface area is 325 Å². The number of nitrogens with one attached hydrogen (secondary N) is 3. The van der Waals surface area contributed by atoms with Crippen LogP contribution in [0.15, 0.2) is 71.7 Å². The van der Waals surface area contributed by atoms with E-state index >= 15 is 0 Å². The van der Waals surface area contributed by atoms with Crippen LogP contribution in [0.25, 0.3) is 0 Å². The molecule has 3 amide bonds. The fourth-order valence-electron chi connectivity index (χ4n) is 4.47. The minimum absolute atomic E-state index is 0.0128. The van der Waals surface area contributed by atoms with Crippen molar-refractivity contribution in [2.45, 2.75) is 98.0 Å². The van der Waals surface area contributed by atoms with Crippen LogP contribution in [0, 0.1) is 0 Å². The van der Waals surface area contributed by atoms with Gasteiger partial charge in [-0.1, -0.05) is 59.6 Å². The quantitative estimate of drug-likeness (QED) is 0.0643. The Balaban J connectivity index is 1.72. The highest BCUT2D eigenvalue weighted by Gasteiger charge is 2.28. The highest BCUT2D eigenvalue weighted by molar-refractivity contribution is 6.43. The second-order valence-electron chi connectivity index (χ2n) is 15.0. The molecule has 13 nitrogen and oxygen atoms in total. The molecule has 0 saturated heterocycles. The van der Waals surface area contributed by atoms with Crippen LogP contribution >= 0.6 is 23.2 Å². The highest BCUT2D eigenvalue weighted by atomic mass is 35.5. The van der Waals surface area contributed by atoms with E-state index in [-0.39, 0.29) is 45.8 Å². The van der Waals surface area contributed by atoms with Gasteiger partial charge in [-0.2, -0.15) is 0 Å². The van der Waals surface area contributed by atoms with Gasteiger partial charge in [-0.3, -0.25) is 15.4 Å². The minimum atomic E-state index is -0.959. The van der Waals surface area contributed by atoms with Gasteiger partial charge in [0.15, 0.2) is 5.75 Å². The Morgan fingerprint density at radius 3 is 1.74 bits per heavy atom. The zero-order valence-electron chi connectivity index (χ0n) is 31.7. The van der Waals surface area contributed by atoms with Gasteiger partial charge >= 0.3 is 24.1 Å². The lowest BCUT2D eigenvalue weighted by Crippen LogP contribution is -2.47. The van der Waals surface area contributed by atoms with Gasteiger partial charge in [0.05, 0.1) is 22.7 Å². The number of hydrogen-bond donors (Lipinski definition) is 3. The third kappa shape index (κ3) is 15.1.